The zero-order chi connectivity index (χ0) is 13.0. The second-order valence-corrected chi connectivity index (χ2v) is 7.42. The van der Waals surface area contributed by atoms with Crippen LogP contribution in [0.2, 0.25) is 0 Å². The maximum Gasteiger partial charge on any atom is 0.273 e. The van der Waals surface area contributed by atoms with Gasteiger partial charge in [-0.05, 0) is 23.9 Å². The number of benzene rings is 1. The third kappa shape index (κ3) is 2.57. The Morgan fingerprint density at radius 3 is 2.56 bits per heavy atom. The average Bonchev–Trinajstić information content (AvgIpc) is 2.93. The van der Waals surface area contributed by atoms with Crippen LogP contribution in [0.3, 0.4) is 0 Å². The largest absolute Gasteiger partial charge is 0.378 e. The molecule has 0 fully saturated rings. The van der Waals surface area contributed by atoms with Crippen LogP contribution in [0, 0.1) is 0 Å². The van der Waals surface area contributed by atoms with E-state index in [1.165, 1.54) is 11.3 Å². The molecule has 96 valence electrons. The highest BCUT2D eigenvalue weighted by molar-refractivity contribution is 7.72. The molecule has 2 rings (SSSR count). The van der Waals surface area contributed by atoms with E-state index in [9.17, 15) is 9.67 Å². The van der Waals surface area contributed by atoms with E-state index in [1.807, 2.05) is 29.6 Å². The van der Waals surface area contributed by atoms with Crippen molar-refractivity contribution in [2.24, 2.45) is 0 Å². The average molecular weight is 282 g/mol. The van der Waals surface area contributed by atoms with Gasteiger partial charge < -0.3 is 9.63 Å². The summed E-state index contributed by atoms with van der Waals surface area (Å²) in [6.45, 7) is 2.08. The van der Waals surface area contributed by atoms with Crippen molar-refractivity contribution in [1.29, 1.82) is 0 Å². The van der Waals surface area contributed by atoms with E-state index in [2.05, 4.69) is 0 Å². The Kier molecular flexibility index (Phi) is 4.36. The fourth-order valence-corrected chi connectivity index (χ4v) is 5.15. The SMILES string of the molecule is CCOP(=O)(c1cccs1)C(O)c1ccccc1. The minimum Gasteiger partial charge on any atom is -0.378 e. The van der Waals surface area contributed by atoms with Gasteiger partial charge in [-0.2, -0.15) is 0 Å². The highest BCUT2D eigenvalue weighted by Crippen LogP contribution is 2.58. The molecule has 0 aliphatic rings. The minimum absolute atomic E-state index is 0.305. The van der Waals surface area contributed by atoms with E-state index in [0.717, 1.165) is 0 Å². The Morgan fingerprint density at radius 2 is 2.00 bits per heavy atom. The molecule has 2 unspecified atom stereocenters. The topological polar surface area (TPSA) is 46.5 Å². The van der Waals surface area contributed by atoms with Crippen LogP contribution in [0.15, 0.2) is 47.8 Å². The fraction of sp³-hybridized carbons (Fsp3) is 0.231. The third-order valence-corrected chi connectivity index (χ3v) is 6.65. The molecule has 0 spiro atoms. The predicted octanol–water partition coefficient (Wildman–Crippen LogP) is 3.38. The molecule has 2 atom stereocenters. The van der Waals surface area contributed by atoms with Crippen molar-refractivity contribution < 1.29 is 14.2 Å². The Balaban J connectivity index is 2.40. The van der Waals surface area contributed by atoms with E-state index in [-0.39, 0.29) is 0 Å². The molecule has 0 saturated carbocycles. The number of rotatable bonds is 5. The second-order valence-electron chi connectivity index (χ2n) is 3.75. The van der Waals surface area contributed by atoms with Crippen LogP contribution in [-0.4, -0.2) is 11.7 Å². The summed E-state index contributed by atoms with van der Waals surface area (Å²) in [5.74, 6) is -1.11. The molecule has 0 radical (unpaired) electrons. The first kappa shape index (κ1) is 13.5. The number of hydrogen-bond acceptors (Lipinski definition) is 4. The second kappa shape index (κ2) is 5.81. The zero-order valence-corrected chi connectivity index (χ0v) is 11.7. The van der Waals surface area contributed by atoms with Gasteiger partial charge in [0.05, 0.1) is 11.2 Å². The van der Waals surface area contributed by atoms with Crippen molar-refractivity contribution in [1.82, 2.24) is 0 Å². The summed E-state index contributed by atoms with van der Waals surface area (Å²) in [4.78, 5) is 0. The Labute approximate surface area is 111 Å². The molecular weight excluding hydrogens is 267 g/mol. The lowest BCUT2D eigenvalue weighted by molar-refractivity contribution is 0.218. The molecule has 0 amide bonds. The van der Waals surface area contributed by atoms with Gasteiger partial charge in [0.1, 0.15) is 0 Å². The molecule has 0 aliphatic carbocycles. The van der Waals surface area contributed by atoms with Crippen LogP contribution in [0.5, 0.6) is 0 Å². The van der Waals surface area contributed by atoms with Gasteiger partial charge in [-0.25, -0.2) is 0 Å². The molecule has 1 aromatic carbocycles. The number of thiophene rings is 1. The summed E-state index contributed by atoms with van der Waals surface area (Å²) < 4.78 is 18.9. The first-order valence-corrected chi connectivity index (χ1v) is 8.27. The van der Waals surface area contributed by atoms with Crippen molar-refractivity contribution in [2.75, 3.05) is 6.61 Å². The maximum absolute atomic E-state index is 12.9. The Bertz CT molecular complexity index is 524. The zero-order valence-electron chi connectivity index (χ0n) is 10.0. The lowest BCUT2D eigenvalue weighted by atomic mass is 10.2. The molecule has 0 aliphatic heterocycles. The summed E-state index contributed by atoms with van der Waals surface area (Å²) in [5.41, 5.74) is 0.614. The molecule has 3 nitrogen and oxygen atoms in total. The predicted molar refractivity (Wildman–Crippen MR) is 74.6 cm³/mol. The van der Waals surface area contributed by atoms with Crippen molar-refractivity contribution in [3.8, 4) is 0 Å². The van der Waals surface area contributed by atoms with Crippen LogP contribution in [0.1, 0.15) is 18.3 Å². The monoisotopic (exact) mass is 282 g/mol. The van der Waals surface area contributed by atoms with Crippen LogP contribution in [0.25, 0.3) is 0 Å². The molecular formula is C13H15O3PS. The van der Waals surface area contributed by atoms with Crippen LogP contribution in [-0.2, 0) is 9.09 Å². The minimum atomic E-state index is -3.26. The van der Waals surface area contributed by atoms with E-state index in [4.69, 9.17) is 4.52 Å². The normalized spacial score (nSPS) is 16.1. The van der Waals surface area contributed by atoms with Gasteiger partial charge in [0.25, 0.3) is 7.37 Å². The Hall–Kier alpha value is -0.930. The van der Waals surface area contributed by atoms with E-state index in [1.54, 1.807) is 25.1 Å². The van der Waals surface area contributed by atoms with Gasteiger partial charge in [0, 0.05) is 0 Å². The smallest absolute Gasteiger partial charge is 0.273 e. The first-order chi connectivity index (χ1) is 8.68. The van der Waals surface area contributed by atoms with Crippen molar-refractivity contribution in [2.45, 2.75) is 12.8 Å². The molecule has 1 N–H and O–H groups in total. The maximum atomic E-state index is 12.9. The molecule has 0 saturated heterocycles. The molecule has 5 heteroatoms. The van der Waals surface area contributed by atoms with Crippen LogP contribution in [0.4, 0.5) is 0 Å². The van der Waals surface area contributed by atoms with E-state index in [0.29, 0.717) is 16.8 Å². The van der Waals surface area contributed by atoms with Gasteiger partial charge in [0.15, 0.2) is 5.85 Å². The van der Waals surface area contributed by atoms with E-state index < -0.39 is 13.2 Å². The molecule has 0 bridgehead atoms. The summed E-state index contributed by atoms with van der Waals surface area (Å²) in [5, 5.41) is 12.2. The molecule has 18 heavy (non-hydrogen) atoms. The van der Waals surface area contributed by atoms with Crippen molar-refractivity contribution in [3.05, 3.63) is 53.4 Å². The van der Waals surface area contributed by atoms with Crippen molar-refractivity contribution in [3.63, 3.8) is 0 Å². The van der Waals surface area contributed by atoms with E-state index >= 15 is 0 Å². The Morgan fingerprint density at radius 1 is 1.28 bits per heavy atom. The van der Waals surface area contributed by atoms with Crippen LogP contribution >= 0.6 is 18.7 Å². The van der Waals surface area contributed by atoms with Gasteiger partial charge in [-0.3, -0.25) is 4.57 Å². The molecule has 1 aromatic heterocycles. The number of aliphatic hydroxyl groups is 1. The summed E-state index contributed by atoms with van der Waals surface area (Å²) in [7, 11) is -3.26. The number of aliphatic hydroxyl groups excluding tert-OH is 1. The van der Waals surface area contributed by atoms with Crippen molar-refractivity contribution >= 4 is 23.3 Å². The molecule has 2 aromatic rings. The fourth-order valence-electron chi connectivity index (χ4n) is 1.72. The lowest BCUT2D eigenvalue weighted by Crippen LogP contribution is -2.11. The highest BCUT2D eigenvalue weighted by atomic mass is 32.1. The van der Waals surface area contributed by atoms with Crippen LogP contribution < -0.4 is 4.62 Å². The third-order valence-electron chi connectivity index (χ3n) is 2.55. The number of hydrogen-bond donors (Lipinski definition) is 1. The standard InChI is InChI=1S/C13H15O3PS/c1-2-16-17(15,12-9-6-10-18-12)13(14)11-7-4-3-5-8-11/h3-10,13-14H,2H2,1H3. The summed E-state index contributed by atoms with van der Waals surface area (Å²) in [6.07, 6.45) is 0. The summed E-state index contributed by atoms with van der Waals surface area (Å²) >= 11 is 1.34. The van der Waals surface area contributed by atoms with Gasteiger partial charge >= 0.3 is 0 Å². The molecule has 1 heterocycles. The van der Waals surface area contributed by atoms with Gasteiger partial charge in [-0.1, -0.05) is 36.4 Å². The first-order valence-electron chi connectivity index (χ1n) is 5.70. The van der Waals surface area contributed by atoms with Gasteiger partial charge in [-0.15, -0.1) is 11.3 Å². The quantitative estimate of drug-likeness (QED) is 0.855. The van der Waals surface area contributed by atoms with Gasteiger partial charge in [0.2, 0.25) is 0 Å². The lowest BCUT2D eigenvalue weighted by Gasteiger charge is -2.22. The highest BCUT2D eigenvalue weighted by Gasteiger charge is 2.36. The summed E-state index contributed by atoms with van der Waals surface area (Å²) in [6, 6.07) is 12.5.